The summed E-state index contributed by atoms with van der Waals surface area (Å²) >= 11 is 0. The summed E-state index contributed by atoms with van der Waals surface area (Å²) in [4.78, 5) is 14.6. The Kier molecular flexibility index (Phi) is 2.82. The standard InChI is InChI=1S/C12H9NO3/c14-12(15)9-2-1-3-11(8-9)16-10-4-6-13-7-5-10/h1-8H,(H,14,15). The average molecular weight is 215 g/mol. The van der Waals surface area contributed by atoms with Gasteiger partial charge in [0.2, 0.25) is 0 Å². The Morgan fingerprint density at radius 1 is 1.12 bits per heavy atom. The molecule has 0 saturated heterocycles. The third-order valence-corrected chi connectivity index (χ3v) is 1.97. The molecule has 1 N–H and O–H groups in total. The molecule has 80 valence electrons. The molecule has 4 heteroatoms. The number of aromatic nitrogens is 1. The summed E-state index contributed by atoms with van der Waals surface area (Å²) in [6.45, 7) is 0. The molecule has 1 aromatic carbocycles. The molecule has 0 aliphatic heterocycles. The number of carbonyl (C=O) groups is 1. The number of hydrogen-bond donors (Lipinski definition) is 1. The molecule has 1 aromatic heterocycles. The van der Waals surface area contributed by atoms with Crippen LogP contribution in [0, 0.1) is 0 Å². The number of carboxylic acid groups (broad SMARTS) is 1. The van der Waals surface area contributed by atoms with E-state index >= 15 is 0 Å². The summed E-state index contributed by atoms with van der Waals surface area (Å²) in [6, 6.07) is 9.73. The number of rotatable bonds is 3. The number of hydrogen-bond acceptors (Lipinski definition) is 3. The Bertz CT molecular complexity index is 497. The van der Waals surface area contributed by atoms with E-state index in [-0.39, 0.29) is 5.56 Å². The van der Waals surface area contributed by atoms with Crippen LogP contribution in [0.3, 0.4) is 0 Å². The van der Waals surface area contributed by atoms with Gasteiger partial charge < -0.3 is 9.84 Å². The maximum Gasteiger partial charge on any atom is 0.335 e. The van der Waals surface area contributed by atoms with Crippen molar-refractivity contribution in [2.24, 2.45) is 0 Å². The molecular weight excluding hydrogens is 206 g/mol. The van der Waals surface area contributed by atoms with E-state index in [1.807, 2.05) is 0 Å². The van der Waals surface area contributed by atoms with Gasteiger partial charge in [0, 0.05) is 12.4 Å². The summed E-state index contributed by atoms with van der Waals surface area (Å²) in [7, 11) is 0. The monoisotopic (exact) mass is 215 g/mol. The number of benzene rings is 1. The molecule has 0 fully saturated rings. The van der Waals surface area contributed by atoms with Crippen LogP contribution in [-0.4, -0.2) is 16.1 Å². The molecule has 4 nitrogen and oxygen atoms in total. The molecule has 0 radical (unpaired) electrons. The van der Waals surface area contributed by atoms with Crippen LogP contribution in [-0.2, 0) is 0 Å². The van der Waals surface area contributed by atoms with Gasteiger partial charge in [0.25, 0.3) is 0 Å². The van der Waals surface area contributed by atoms with Crippen LogP contribution in [0.2, 0.25) is 0 Å². The minimum atomic E-state index is -0.972. The third kappa shape index (κ3) is 2.36. The van der Waals surface area contributed by atoms with Crippen molar-refractivity contribution in [1.82, 2.24) is 4.98 Å². The fourth-order valence-electron chi connectivity index (χ4n) is 1.23. The van der Waals surface area contributed by atoms with E-state index in [1.165, 1.54) is 12.1 Å². The smallest absolute Gasteiger partial charge is 0.335 e. The van der Waals surface area contributed by atoms with Gasteiger partial charge in [-0.05, 0) is 30.3 Å². The zero-order valence-electron chi connectivity index (χ0n) is 8.33. The van der Waals surface area contributed by atoms with Gasteiger partial charge in [0.1, 0.15) is 11.5 Å². The lowest BCUT2D eigenvalue weighted by atomic mass is 10.2. The molecule has 0 aliphatic rings. The van der Waals surface area contributed by atoms with E-state index in [0.717, 1.165) is 0 Å². The normalized spacial score (nSPS) is 9.75. The van der Waals surface area contributed by atoms with Crippen molar-refractivity contribution in [2.75, 3.05) is 0 Å². The topological polar surface area (TPSA) is 59.4 Å². The minimum Gasteiger partial charge on any atom is -0.478 e. The van der Waals surface area contributed by atoms with Crippen molar-refractivity contribution >= 4 is 5.97 Å². The van der Waals surface area contributed by atoms with Gasteiger partial charge in [0.05, 0.1) is 5.56 Å². The van der Waals surface area contributed by atoms with E-state index in [9.17, 15) is 4.79 Å². The number of aromatic carboxylic acids is 1. The first-order chi connectivity index (χ1) is 7.75. The fraction of sp³-hybridized carbons (Fsp3) is 0. The van der Waals surface area contributed by atoms with E-state index in [4.69, 9.17) is 9.84 Å². The zero-order valence-corrected chi connectivity index (χ0v) is 8.33. The number of pyridine rings is 1. The molecule has 0 saturated carbocycles. The van der Waals surface area contributed by atoms with Crippen LogP contribution in [0.5, 0.6) is 11.5 Å². The third-order valence-electron chi connectivity index (χ3n) is 1.97. The molecule has 0 spiro atoms. The summed E-state index contributed by atoms with van der Waals surface area (Å²) in [5, 5.41) is 8.81. The van der Waals surface area contributed by atoms with E-state index in [1.54, 1.807) is 36.7 Å². The van der Waals surface area contributed by atoms with Crippen molar-refractivity contribution in [3.8, 4) is 11.5 Å². The first kappa shape index (κ1) is 10.2. The van der Waals surface area contributed by atoms with Crippen LogP contribution >= 0.6 is 0 Å². The molecule has 1 heterocycles. The molecule has 2 aromatic rings. The Morgan fingerprint density at radius 2 is 1.88 bits per heavy atom. The highest BCUT2D eigenvalue weighted by molar-refractivity contribution is 5.88. The van der Waals surface area contributed by atoms with Crippen LogP contribution in [0.25, 0.3) is 0 Å². The van der Waals surface area contributed by atoms with Crippen LogP contribution in [0.15, 0.2) is 48.8 Å². The first-order valence-corrected chi connectivity index (χ1v) is 4.67. The van der Waals surface area contributed by atoms with Gasteiger partial charge in [-0.3, -0.25) is 4.98 Å². The Hall–Kier alpha value is -2.36. The van der Waals surface area contributed by atoms with E-state index in [0.29, 0.717) is 11.5 Å². The van der Waals surface area contributed by atoms with Crippen molar-refractivity contribution < 1.29 is 14.6 Å². The SMILES string of the molecule is O=C(O)c1cccc(Oc2ccncc2)c1. The average Bonchev–Trinajstić information content (AvgIpc) is 2.30. The molecular formula is C12H9NO3. The molecule has 2 rings (SSSR count). The van der Waals surface area contributed by atoms with Gasteiger partial charge in [0.15, 0.2) is 0 Å². The lowest BCUT2D eigenvalue weighted by Gasteiger charge is -2.05. The van der Waals surface area contributed by atoms with Gasteiger partial charge in [-0.2, -0.15) is 0 Å². The highest BCUT2D eigenvalue weighted by Gasteiger charge is 2.04. The van der Waals surface area contributed by atoms with Crippen LogP contribution in [0.1, 0.15) is 10.4 Å². The first-order valence-electron chi connectivity index (χ1n) is 4.67. The Morgan fingerprint density at radius 3 is 2.56 bits per heavy atom. The quantitative estimate of drug-likeness (QED) is 0.854. The zero-order chi connectivity index (χ0) is 11.4. The molecule has 0 atom stereocenters. The summed E-state index contributed by atoms with van der Waals surface area (Å²) < 4.78 is 5.47. The van der Waals surface area contributed by atoms with Gasteiger partial charge in [-0.25, -0.2) is 4.79 Å². The second-order valence-corrected chi connectivity index (χ2v) is 3.12. The predicted molar refractivity (Wildman–Crippen MR) is 57.7 cm³/mol. The van der Waals surface area contributed by atoms with Crippen LogP contribution in [0.4, 0.5) is 0 Å². The number of ether oxygens (including phenoxy) is 1. The molecule has 0 unspecified atom stereocenters. The molecule has 0 amide bonds. The summed E-state index contributed by atoms with van der Waals surface area (Å²) in [5.41, 5.74) is 0.201. The number of nitrogens with zero attached hydrogens (tertiary/aromatic N) is 1. The van der Waals surface area contributed by atoms with Crippen LogP contribution < -0.4 is 4.74 Å². The Balaban J connectivity index is 2.22. The number of carboxylic acids is 1. The van der Waals surface area contributed by atoms with E-state index < -0.39 is 5.97 Å². The van der Waals surface area contributed by atoms with Crippen molar-refractivity contribution in [3.05, 3.63) is 54.4 Å². The van der Waals surface area contributed by atoms with Gasteiger partial charge in [-0.15, -0.1) is 0 Å². The van der Waals surface area contributed by atoms with Gasteiger partial charge in [-0.1, -0.05) is 6.07 Å². The largest absolute Gasteiger partial charge is 0.478 e. The van der Waals surface area contributed by atoms with Crippen molar-refractivity contribution in [1.29, 1.82) is 0 Å². The lowest BCUT2D eigenvalue weighted by Crippen LogP contribution is -1.96. The van der Waals surface area contributed by atoms with Gasteiger partial charge >= 0.3 is 5.97 Å². The van der Waals surface area contributed by atoms with Crippen molar-refractivity contribution in [2.45, 2.75) is 0 Å². The van der Waals surface area contributed by atoms with E-state index in [2.05, 4.69) is 4.98 Å². The Labute approximate surface area is 92.1 Å². The second-order valence-electron chi connectivity index (χ2n) is 3.12. The lowest BCUT2D eigenvalue weighted by molar-refractivity contribution is 0.0696. The minimum absolute atomic E-state index is 0.201. The summed E-state index contributed by atoms with van der Waals surface area (Å²) in [6.07, 6.45) is 3.22. The highest BCUT2D eigenvalue weighted by Crippen LogP contribution is 2.21. The molecule has 0 bridgehead atoms. The molecule has 16 heavy (non-hydrogen) atoms. The maximum absolute atomic E-state index is 10.7. The highest BCUT2D eigenvalue weighted by atomic mass is 16.5. The van der Waals surface area contributed by atoms with Crippen molar-refractivity contribution in [3.63, 3.8) is 0 Å². The predicted octanol–water partition coefficient (Wildman–Crippen LogP) is 2.57. The fourth-order valence-corrected chi connectivity index (χ4v) is 1.23. The molecule has 0 aliphatic carbocycles. The second kappa shape index (κ2) is 4.44. The summed E-state index contributed by atoms with van der Waals surface area (Å²) in [5.74, 6) is 0.142. The maximum atomic E-state index is 10.7.